The number of para-hydroxylation sites is 1. The van der Waals surface area contributed by atoms with Gasteiger partial charge in [0.15, 0.2) is 0 Å². The van der Waals surface area contributed by atoms with Crippen LogP contribution in [0, 0.1) is 0 Å². The molecule has 0 saturated carbocycles. The first-order valence-electron chi connectivity index (χ1n) is 7.54. The SMILES string of the molecule is CCCNC(C1=CCCO1)c1cnn(-c2ccccc2)c1. The third-order valence-corrected chi connectivity index (χ3v) is 3.57. The van der Waals surface area contributed by atoms with Gasteiger partial charge < -0.3 is 10.1 Å². The highest BCUT2D eigenvalue weighted by Crippen LogP contribution is 2.26. The van der Waals surface area contributed by atoms with Crippen molar-refractivity contribution in [3.05, 3.63) is 60.1 Å². The molecule has 3 rings (SSSR count). The molecule has 2 aromatic rings. The molecule has 1 atom stereocenters. The van der Waals surface area contributed by atoms with E-state index < -0.39 is 0 Å². The Morgan fingerprint density at radius 1 is 1.33 bits per heavy atom. The Hall–Kier alpha value is -2.07. The molecule has 1 aliphatic heterocycles. The number of nitrogens with zero attached hydrogens (tertiary/aromatic N) is 2. The van der Waals surface area contributed by atoms with E-state index in [1.54, 1.807) is 0 Å². The summed E-state index contributed by atoms with van der Waals surface area (Å²) in [6.07, 6.45) is 8.25. The van der Waals surface area contributed by atoms with Crippen LogP contribution in [0.3, 0.4) is 0 Å². The number of nitrogens with one attached hydrogen (secondary N) is 1. The lowest BCUT2D eigenvalue weighted by atomic mass is 10.1. The van der Waals surface area contributed by atoms with Crippen molar-refractivity contribution in [1.82, 2.24) is 15.1 Å². The fourth-order valence-corrected chi connectivity index (χ4v) is 2.52. The van der Waals surface area contributed by atoms with Crippen molar-refractivity contribution in [2.75, 3.05) is 13.2 Å². The Bertz CT molecular complexity index is 604. The molecule has 4 nitrogen and oxygen atoms in total. The van der Waals surface area contributed by atoms with Gasteiger partial charge in [0, 0.05) is 18.2 Å². The predicted octanol–water partition coefficient (Wildman–Crippen LogP) is 3.22. The van der Waals surface area contributed by atoms with Crippen LogP contribution in [0.25, 0.3) is 5.69 Å². The number of hydrogen-bond acceptors (Lipinski definition) is 3. The minimum atomic E-state index is 0.102. The van der Waals surface area contributed by atoms with Gasteiger partial charge in [-0.3, -0.25) is 0 Å². The predicted molar refractivity (Wildman–Crippen MR) is 83.3 cm³/mol. The van der Waals surface area contributed by atoms with Crippen molar-refractivity contribution in [3.8, 4) is 5.69 Å². The molecule has 2 heterocycles. The van der Waals surface area contributed by atoms with Gasteiger partial charge in [-0.1, -0.05) is 25.1 Å². The van der Waals surface area contributed by atoms with Crippen LogP contribution in [0.1, 0.15) is 31.4 Å². The van der Waals surface area contributed by atoms with E-state index in [-0.39, 0.29) is 6.04 Å². The molecule has 0 saturated heterocycles. The molecular weight excluding hydrogens is 262 g/mol. The van der Waals surface area contributed by atoms with Crippen LogP contribution in [-0.2, 0) is 4.74 Å². The fourth-order valence-electron chi connectivity index (χ4n) is 2.52. The first kappa shape index (κ1) is 13.9. The van der Waals surface area contributed by atoms with Gasteiger partial charge in [0.05, 0.1) is 24.5 Å². The van der Waals surface area contributed by atoms with Gasteiger partial charge in [0.2, 0.25) is 0 Å². The number of hydrogen-bond donors (Lipinski definition) is 1. The summed E-state index contributed by atoms with van der Waals surface area (Å²) in [6.45, 7) is 3.91. The maximum absolute atomic E-state index is 5.74. The normalized spacial score (nSPS) is 15.6. The van der Waals surface area contributed by atoms with Crippen molar-refractivity contribution >= 4 is 0 Å². The van der Waals surface area contributed by atoms with Crippen LogP contribution in [-0.4, -0.2) is 22.9 Å². The largest absolute Gasteiger partial charge is 0.496 e. The molecule has 0 amide bonds. The highest BCUT2D eigenvalue weighted by molar-refractivity contribution is 5.32. The van der Waals surface area contributed by atoms with Gasteiger partial charge in [0.1, 0.15) is 5.76 Å². The third kappa shape index (κ3) is 3.16. The number of rotatable bonds is 6. The smallest absolute Gasteiger partial charge is 0.114 e. The van der Waals surface area contributed by atoms with Crippen molar-refractivity contribution in [3.63, 3.8) is 0 Å². The van der Waals surface area contributed by atoms with Gasteiger partial charge in [0.25, 0.3) is 0 Å². The second kappa shape index (κ2) is 6.59. The molecule has 4 heteroatoms. The van der Waals surface area contributed by atoms with Gasteiger partial charge in [-0.2, -0.15) is 5.10 Å². The molecule has 0 radical (unpaired) electrons. The van der Waals surface area contributed by atoms with E-state index in [1.165, 1.54) is 0 Å². The molecule has 0 bridgehead atoms. The first-order valence-corrected chi connectivity index (χ1v) is 7.54. The molecule has 1 aromatic carbocycles. The summed E-state index contributed by atoms with van der Waals surface area (Å²) < 4.78 is 7.65. The maximum Gasteiger partial charge on any atom is 0.114 e. The number of ether oxygens (including phenoxy) is 1. The fraction of sp³-hybridized carbons (Fsp3) is 0.353. The second-order valence-corrected chi connectivity index (χ2v) is 5.18. The molecular formula is C17H21N3O. The van der Waals surface area contributed by atoms with Gasteiger partial charge in [-0.05, 0) is 31.2 Å². The summed E-state index contributed by atoms with van der Waals surface area (Å²) >= 11 is 0. The molecule has 21 heavy (non-hydrogen) atoms. The molecule has 1 N–H and O–H groups in total. The zero-order valence-electron chi connectivity index (χ0n) is 12.3. The first-order chi connectivity index (χ1) is 10.4. The topological polar surface area (TPSA) is 39.1 Å². The highest BCUT2D eigenvalue weighted by atomic mass is 16.5. The molecule has 1 aliphatic rings. The van der Waals surface area contributed by atoms with Gasteiger partial charge in [-0.15, -0.1) is 0 Å². The monoisotopic (exact) mass is 283 g/mol. The Kier molecular flexibility index (Phi) is 4.36. The quantitative estimate of drug-likeness (QED) is 0.884. The molecule has 0 spiro atoms. The Balaban J connectivity index is 1.84. The van der Waals surface area contributed by atoms with Crippen molar-refractivity contribution in [2.24, 2.45) is 0 Å². The van der Waals surface area contributed by atoms with E-state index in [2.05, 4.69) is 41.7 Å². The maximum atomic E-state index is 5.74. The van der Waals surface area contributed by atoms with E-state index in [4.69, 9.17) is 4.74 Å². The van der Waals surface area contributed by atoms with Crippen LogP contribution >= 0.6 is 0 Å². The van der Waals surface area contributed by atoms with E-state index in [9.17, 15) is 0 Å². The van der Waals surface area contributed by atoms with E-state index in [1.807, 2.05) is 29.1 Å². The summed E-state index contributed by atoms with van der Waals surface area (Å²) in [5.74, 6) is 1.02. The van der Waals surface area contributed by atoms with Crippen LogP contribution in [0.15, 0.2) is 54.6 Å². The zero-order chi connectivity index (χ0) is 14.5. The summed E-state index contributed by atoms with van der Waals surface area (Å²) in [7, 11) is 0. The number of benzene rings is 1. The lowest BCUT2D eigenvalue weighted by Gasteiger charge is -2.18. The van der Waals surface area contributed by atoms with Crippen LogP contribution in [0.4, 0.5) is 0 Å². The van der Waals surface area contributed by atoms with Crippen molar-refractivity contribution in [2.45, 2.75) is 25.8 Å². The average molecular weight is 283 g/mol. The van der Waals surface area contributed by atoms with Crippen molar-refractivity contribution < 1.29 is 4.74 Å². The Labute approximate surface area is 125 Å². The molecule has 0 fully saturated rings. The lowest BCUT2D eigenvalue weighted by Crippen LogP contribution is -2.24. The Morgan fingerprint density at radius 2 is 2.19 bits per heavy atom. The van der Waals surface area contributed by atoms with E-state index in [0.29, 0.717) is 0 Å². The zero-order valence-corrected chi connectivity index (χ0v) is 12.3. The van der Waals surface area contributed by atoms with E-state index >= 15 is 0 Å². The molecule has 1 aromatic heterocycles. The number of aromatic nitrogens is 2. The molecule has 0 aliphatic carbocycles. The van der Waals surface area contributed by atoms with Crippen LogP contribution in [0.5, 0.6) is 0 Å². The Morgan fingerprint density at radius 3 is 2.90 bits per heavy atom. The van der Waals surface area contributed by atoms with Crippen molar-refractivity contribution in [1.29, 1.82) is 0 Å². The summed E-state index contributed by atoms with van der Waals surface area (Å²) in [6, 6.07) is 10.3. The second-order valence-electron chi connectivity index (χ2n) is 5.18. The third-order valence-electron chi connectivity index (χ3n) is 3.57. The highest BCUT2D eigenvalue weighted by Gasteiger charge is 2.21. The molecule has 1 unspecified atom stereocenters. The lowest BCUT2D eigenvalue weighted by molar-refractivity contribution is 0.215. The standard InChI is InChI=1S/C17H21N3O/c1-2-10-18-17(16-9-6-11-21-16)14-12-19-20(13-14)15-7-4-3-5-8-15/h3-5,7-9,12-13,17-18H,2,6,10-11H2,1H3. The van der Waals surface area contributed by atoms with E-state index in [0.717, 1.165) is 43.0 Å². The minimum absolute atomic E-state index is 0.102. The van der Waals surface area contributed by atoms with Gasteiger partial charge in [-0.25, -0.2) is 4.68 Å². The summed E-state index contributed by atoms with van der Waals surface area (Å²) in [5, 5.41) is 8.03. The van der Waals surface area contributed by atoms with Crippen LogP contribution in [0.2, 0.25) is 0 Å². The summed E-state index contributed by atoms with van der Waals surface area (Å²) in [5.41, 5.74) is 2.21. The van der Waals surface area contributed by atoms with Crippen LogP contribution < -0.4 is 5.32 Å². The minimum Gasteiger partial charge on any atom is -0.496 e. The van der Waals surface area contributed by atoms with Gasteiger partial charge >= 0.3 is 0 Å². The average Bonchev–Trinajstić information content (AvgIpc) is 3.21. The molecule has 110 valence electrons. The summed E-state index contributed by atoms with van der Waals surface area (Å²) in [4.78, 5) is 0.